The van der Waals surface area contributed by atoms with E-state index in [1.165, 1.54) is 11.0 Å². The van der Waals surface area contributed by atoms with Crippen molar-refractivity contribution in [2.45, 2.75) is 27.7 Å². The largest absolute Gasteiger partial charge is 0.493 e. The first-order chi connectivity index (χ1) is 14.2. The van der Waals surface area contributed by atoms with Gasteiger partial charge in [0.1, 0.15) is 16.2 Å². The van der Waals surface area contributed by atoms with E-state index < -0.39 is 0 Å². The van der Waals surface area contributed by atoms with Crippen LogP contribution in [0.5, 0.6) is 5.75 Å². The molecule has 0 radical (unpaired) electrons. The Morgan fingerprint density at radius 1 is 1.30 bits per heavy atom. The van der Waals surface area contributed by atoms with Crippen LogP contribution in [0.15, 0.2) is 28.9 Å². The molecule has 0 spiro atoms. The van der Waals surface area contributed by atoms with Crippen LogP contribution in [0.1, 0.15) is 40.3 Å². The topological polar surface area (TPSA) is 84.7 Å². The summed E-state index contributed by atoms with van der Waals surface area (Å²) in [6, 6.07) is 3.82. The number of rotatable bonds is 6. The molecule has 3 aromatic rings. The van der Waals surface area contributed by atoms with E-state index in [0.717, 1.165) is 39.0 Å². The summed E-state index contributed by atoms with van der Waals surface area (Å²) in [4.78, 5) is 31.1. The van der Waals surface area contributed by atoms with Gasteiger partial charge < -0.3 is 14.1 Å². The number of hydrogen-bond acceptors (Lipinski definition) is 6. The Labute approximate surface area is 179 Å². The lowest BCUT2D eigenvalue weighted by Crippen LogP contribution is -2.21. The van der Waals surface area contributed by atoms with Crippen LogP contribution >= 0.6 is 11.3 Å². The summed E-state index contributed by atoms with van der Waals surface area (Å²) < 4.78 is 11.3. The van der Waals surface area contributed by atoms with Crippen LogP contribution < -0.4 is 10.1 Å². The number of thiazole rings is 1. The van der Waals surface area contributed by atoms with Gasteiger partial charge in [-0.15, -0.1) is 0 Å². The molecule has 2 heterocycles. The van der Waals surface area contributed by atoms with Crippen molar-refractivity contribution in [2.24, 2.45) is 0 Å². The Bertz CT molecular complexity index is 1140. The van der Waals surface area contributed by atoms with Gasteiger partial charge in [0.25, 0.3) is 5.91 Å². The molecule has 3 rings (SSSR count). The maximum Gasteiger partial charge on any atom is 0.265 e. The van der Waals surface area contributed by atoms with Gasteiger partial charge in [0, 0.05) is 37.2 Å². The van der Waals surface area contributed by atoms with Gasteiger partial charge in [0.15, 0.2) is 5.13 Å². The second-order valence-electron chi connectivity index (χ2n) is 7.15. The molecule has 0 bridgehead atoms. The molecular weight excluding hydrogens is 402 g/mol. The number of furan rings is 1. The summed E-state index contributed by atoms with van der Waals surface area (Å²) in [5.74, 6) is 0.198. The van der Waals surface area contributed by atoms with Crippen molar-refractivity contribution in [3.63, 3.8) is 0 Å². The Kier molecular flexibility index (Phi) is 6.26. The molecule has 2 aromatic heterocycles. The number of aromatic nitrogens is 1. The molecule has 2 amide bonds. The van der Waals surface area contributed by atoms with E-state index in [1.54, 1.807) is 27.3 Å². The van der Waals surface area contributed by atoms with Crippen LogP contribution in [0.25, 0.3) is 16.5 Å². The number of anilines is 1. The number of nitrogens with one attached hydrogen (secondary N) is 1. The fraction of sp³-hybridized carbons (Fsp3) is 0.318. The predicted molar refractivity (Wildman–Crippen MR) is 119 cm³/mol. The third-order valence-electron chi connectivity index (χ3n) is 4.57. The highest BCUT2D eigenvalue weighted by Crippen LogP contribution is 2.33. The fourth-order valence-corrected chi connectivity index (χ4v) is 4.02. The lowest BCUT2D eigenvalue weighted by molar-refractivity contribution is -0.111. The van der Waals surface area contributed by atoms with E-state index in [-0.39, 0.29) is 11.8 Å². The quantitative estimate of drug-likeness (QED) is 0.579. The van der Waals surface area contributed by atoms with Crippen LogP contribution in [0.4, 0.5) is 5.13 Å². The van der Waals surface area contributed by atoms with Crippen molar-refractivity contribution in [1.82, 2.24) is 9.88 Å². The van der Waals surface area contributed by atoms with Crippen molar-refractivity contribution in [2.75, 3.05) is 26.0 Å². The Balaban J connectivity index is 1.87. The zero-order valence-electron chi connectivity index (χ0n) is 18.0. The van der Waals surface area contributed by atoms with Gasteiger partial charge in [0.2, 0.25) is 5.91 Å². The molecule has 8 heteroatoms. The lowest BCUT2D eigenvalue weighted by Gasteiger charge is -2.11. The normalized spacial score (nSPS) is 11.6. The monoisotopic (exact) mass is 427 g/mol. The van der Waals surface area contributed by atoms with Gasteiger partial charge in [-0.25, -0.2) is 4.98 Å². The number of amides is 2. The number of fused-ring (bicyclic) bond motifs is 1. The Morgan fingerprint density at radius 3 is 2.70 bits per heavy atom. The van der Waals surface area contributed by atoms with Crippen LogP contribution in [-0.2, 0) is 4.79 Å². The summed E-state index contributed by atoms with van der Waals surface area (Å²) in [7, 11) is 3.36. The molecule has 0 aliphatic rings. The molecule has 0 atom stereocenters. The van der Waals surface area contributed by atoms with Gasteiger partial charge in [-0.05, 0) is 44.9 Å². The van der Waals surface area contributed by atoms with E-state index in [1.807, 2.05) is 32.9 Å². The first-order valence-corrected chi connectivity index (χ1v) is 10.4. The van der Waals surface area contributed by atoms with Crippen LogP contribution in [0.2, 0.25) is 0 Å². The van der Waals surface area contributed by atoms with E-state index in [4.69, 9.17) is 9.15 Å². The molecule has 30 heavy (non-hydrogen) atoms. The van der Waals surface area contributed by atoms with Crippen molar-refractivity contribution in [3.8, 4) is 5.75 Å². The van der Waals surface area contributed by atoms with Crippen molar-refractivity contribution < 1.29 is 18.7 Å². The summed E-state index contributed by atoms with van der Waals surface area (Å²) >= 11 is 1.16. The zero-order valence-corrected chi connectivity index (χ0v) is 18.8. The molecule has 1 N–H and O–H groups in total. The van der Waals surface area contributed by atoms with Crippen LogP contribution in [0, 0.1) is 13.8 Å². The lowest BCUT2D eigenvalue weighted by atomic mass is 10.0. The maximum absolute atomic E-state index is 12.6. The number of allylic oxidation sites excluding steroid dienone is 1. The third kappa shape index (κ3) is 4.38. The zero-order chi connectivity index (χ0) is 22.0. The van der Waals surface area contributed by atoms with Gasteiger partial charge in [-0.3, -0.25) is 14.9 Å². The minimum atomic E-state index is -0.323. The second-order valence-corrected chi connectivity index (χ2v) is 8.15. The van der Waals surface area contributed by atoms with Crippen molar-refractivity contribution in [1.29, 1.82) is 0 Å². The highest BCUT2D eigenvalue weighted by Gasteiger charge is 2.18. The van der Waals surface area contributed by atoms with E-state index in [9.17, 15) is 9.59 Å². The molecular formula is C22H25N3O4S. The first kappa shape index (κ1) is 21.6. The Hall–Kier alpha value is -3.13. The summed E-state index contributed by atoms with van der Waals surface area (Å²) in [5, 5.41) is 4.12. The molecule has 0 fully saturated rings. The highest BCUT2D eigenvalue weighted by atomic mass is 32.1. The minimum absolute atomic E-state index is 0.137. The summed E-state index contributed by atoms with van der Waals surface area (Å²) in [6.45, 7) is 7.98. The van der Waals surface area contributed by atoms with E-state index in [2.05, 4.69) is 10.3 Å². The number of carbonyl (C=O) groups excluding carboxylic acids is 2. The Morgan fingerprint density at radius 2 is 2.03 bits per heavy atom. The number of aryl methyl sites for hydroxylation is 2. The minimum Gasteiger partial charge on any atom is -0.493 e. The number of hydrogen-bond donors (Lipinski definition) is 1. The molecule has 7 nitrogen and oxygen atoms in total. The van der Waals surface area contributed by atoms with Crippen molar-refractivity contribution >= 4 is 44.8 Å². The number of nitrogens with zero attached hydrogens (tertiary/aromatic N) is 2. The molecule has 0 unspecified atom stereocenters. The van der Waals surface area contributed by atoms with Crippen LogP contribution in [-0.4, -0.2) is 42.4 Å². The third-order valence-corrected chi connectivity index (χ3v) is 5.63. The van der Waals surface area contributed by atoms with Gasteiger partial charge in [0.05, 0.1) is 18.6 Å². The summed E-state index contributed by atoms with van der Waals surface area (Å²) in [6.07, 6.45) is 3.20. The van der Waals surface area contributed by atoms with Gasteiger partial charge in [-0.2, -0.15) is 0 Å². The smallest absolute Gasteiger partial charge is 0.265 e. The van der Waals surface area contributed by atoms with Crippen LogP contribution in [0.3, 0.4) is 0 Å². The molecule has 0 aliphatic heterocycles. The highest BCUT2D eigenvalue weighted by molar-refractivity contribution is 7.17. The molecule has 1 aromatic carbocycles. The van der Waals surface area contributed by atoms with Crippen molar-refractivity contribution in [3.05, 3.63) is 46.2 Å². The average Bonchev–Trinajstić information content (AvgIpc) is 3.22. The number of ether oxygens (including phenoxy) is 1. The molecule has 158 valence electrons. The SMILES string of the molecule is CCOc1cc2occ(C)c2cc1/C(C)=C/C(=O)Nc1nc(C)c(C(=O)N(C)C)s1. The second kappa shape index (κ2) is 8.71. The maximum atomic E-state index is 12.6. The first-order valence-electron chi connectivity index (χ1n) is 9.54. The standard InChI is InChI=1S/C22H25N3O4S/c1-7-28-17-10-18-16(13(3)11-29-18)9-15(17)12(2)8-19(26)24-22-23-14(4)20(30-22)21(27)25(5)6/h8-11H,7H2,1-6H3,(H,23,24,26)/b12-8+. The molecule has 0 saturated carbocycles. The number of carbonyl (C=O) groups is 2. The molecule has 0 aliphatic carbocycles. The van der Waals surface area contributed by atoms with Gasteiger partial charge in [-0.1, -0.05) is 11.3 Å². The number of benzene rings is 1. The average molecular weight is 428 g/mol. The predicted octanol–water partition coefficient (Wildman–Crippen LogP) is 4.65. The van der Waals surface area contributed by atoms with Gasteiger partial charge >= 0.3 is 0 Å². The molecule has 0 saturated heterocycles. The fourth-order valence-electron chi connectivity index (χ4n) is 3.03. The summed E-state index contributed by atoms with van der Waals surface area (Å²) in [5.41, 5.74) is 3.92. The van der Waals surface area contributed by atoms with E-state index >= 15 is 0 Å². The van der Waals surface area contributed by atoms with E-state index in [0.29, 0.717) is 28.1 Å².